The molecule has 2 aromatic rings. The minimum Gasteiger partial charge on any atom is -0.465 e. The molecule has 0 radical (unpaired) electrons. The van der Waals surface area contributed by atoms with Gasteiger partial charge in [-0.05, 0) is 30.3 Å². The average Bonchev–Trinajstić information content (AvgIpc) is 2.55. The minimum absolute atomic E-state index is 0.000227. The Balaban J connectivity index is 2.46. The predicted molar refractivity (Wildman–Crippen MR) is 84.8 cm³/mol. The maximum Gasteiger partial charge on any atom is 0.337 e. The van der Waals surface area contributed by atoms with Gasteiger partial charge in [-0.3, -0.25) is 4.72 Å². The summed E-state index contributed by atoms with van der Waals surface area (Å²) in [6.07, 6.45) is 0. The zero-order valence-electron chi connectivity index (χ0n) is 11.9. The van der Waals surface area contributed by atoms with Gasteiger partial charge in [-0.25, -0.2) is 13.2 Å². The van der Waals surface area contributed by atoms with Gasteiger partial charge < -0.3 is 4.74 Å². The predicted octanol–water partition coefficient (Wildman–Crippen LogP) is 2.80. The van der Waals surface area contributed by atoms with Crippen molar-refractivity contribution in [1.82, 2.24) is 0 Å². The lowest BCUT2D eigenvalue weighted by Crippen LogP contribution is -2.15. The summed E-state index contributed by atoms with van der Waals surface area (Å²) in [6, 6.07) is 11.6. The first-order chi connectivity index (χ1) is 10.9. The molecular formula is C15H11ClN2O4S. The van der Waals surface area contributed by atoms with Gasteiger partial charge in [-0.15, -0.1) is 0 Å². The molecule has 0 atom stereocenters. The largest absolute Gasteiger partial charge is 0.465 e. The molecule has 1 N–H and O–H groups in total. The second kappa shape index (κ2) is 6.69. The molecule has 2 rings (SSSR count). The molecule has 0 fully saturated rings. The molecule has 0 amide bonds. The third-order valence-corrected chi connectivity index (χ3v) is 4.68. The van der Waals surface area contributed by atoms with Crippen molar-refractivity contribution in [2.75, 3.05) is 11.8 Å². The van der Waals surface area contributed by atoms with Gasteiger partial charge in [-0.1, -0.05) is 23.7 Å². The van der Waals surface area contributed by atoms with E-state index < -0.39 is 16.0 Å². The van der Waals surface area contributed by atoms with Crippen LogP contribution in [0.4, 0.5) is 5.69 Å². The van der Waals surface area contributed by atoms with Crippen LogP contribution in [-0.2, 0) is 14.8 Å². The monoisotopic (exact) mass is 350 g/mol. The van der Waals surface area contributed by atoms with Crippen LogP contribution in [0.3, 0.4) is 0 Å². The Hall–Kier alpha value is -2.56. The Morgan fingerprint density at radius 2 is 1.96 bits per heavy atom. The highest BCUT2D eigenvalue weighted by Crippen LogP contribution is 2.27. The second-order valence-corrected chi connectivity index (χ2v) is 6.46. The van der Waals surface area contributed by atoms with E-state index in [0.717, 1.165) is 0 Å². The van der Waals surface area contributed by atoms with E-state index in [-0.39, 0.29) is 26.7 Å². The summed E-state index contributed by atoms with van der Waals surface area (Å²) in [5.41, 5.74) is 0.158. The van der Waals surface area contributed by atoms with E-state index in [9.17, 15) is 13.2 Å². The van der Waals surface area contributed by atoms with Crippen molar-refractivity contribution in [2.24, 2.45) is 0 Å². The molecule has 0 aliphatic rings. The lowest BCUT2D eigenvalue weighted by Gasteiger charge is -2.11. The molecule has 118 valence electrons. The van der Waals surface area contributed by atoms with Crippen LogP contribution in [0.1, 0.15) is 15.9 Å². The second-order valence-electron chi connectivity index (χ2n) is 4.40. The van der Waals surface area contributed by atoms with E-state index in [0.29, 0.717) is 0 Å². The number of methoxy groups -OCH3 is 1. The van der Waals surface area contributed by atoms with Crippen molar-refractivity contribution in [3.05, 3.63) is 58.6 Å². The third kappa shape index (κ3) is 3.62. The molecule has 8 heteroatoms. The number of carbonyl (C=O) groups excluding carboxylic acids is 1. The van der Waals surface area contributed by atoms with Crippen LogP contribution in [0.2, 0.25) is 5.02 Å². The van der Waals surface area contributed by atoms with Gasteiger partial charge in [0, 0.05) is 0 Å². The number of nitrogens with one attached hydrogen (secondary N) is 1. The number of halogens is 1. The zero-order chi connectivity index (χ0) is 17.0. The van der Waals surface area contributed by atoms with E-state index in [4.69, 9.17) is 16.9 Å². The highest BCUT2D eigenvalue weighted by Gasteiger charge is 2.20. The number of nitrogens with zero attached hydrogens (tertiary/aromatic N) is 1. The summed E-state index contributed by atoms with van der Waals surface area (Å²) < 4.78 is 31.8. The first-order valence-corrected chi connectivity index (χ1v) is 8.15. The molecule has 0 aliphatic carbocycles. The number of esters is 1. The van der Waals surface area contributed by atoms with E-state index in [2.05, 4.69) is 9.46 Å². The van der Waals surface area contributed by atoms with Crippen molar-refractivity contribution in [3.8, 4) is 6.07 Å². The fourth-order valence-electron chi connectivity index (χ4n) is 1.84. The van der Waals surface area contributed by atoms with Crippen LogP contribution >= 0.6 is 11.6 Å². The van der Waals surface area contributed by atoms with Crippen molar-refractivity contribution in [1.29, 1.82) is 5.26 Å². The van der Waals surface area contributed by atoms with Crippen molar-refractivity contribution in [2.45, 2.75) is 4.90 Å². The summed E-state index contributed by atoms with van der Waals surface area (Å²) in [5, 5.41) is 9.13. The first kappa shape index (κ1) is 16.8. The number of carbonyl (C=O) groups is 1. The first-order valence-electron chi connectivity index (χ1n) is 6.29. The fourth-order valence-corrected chi connectivity index (χ4v) is 3.29. The van der Waals surface area contributed by atoms with Crippen molar-refractivity contribution < 1.29 is 17.9 Å². The molecule has 0 saturated heterocycles. The van der Waals surface area contributed by atoms with Crippen LogP contribution in [0.25, 0.3) is 0 Å². The lowest BCUT2D eigenvalue weighted by molar-refractivity contribution is 0.0601. The summed E-state index contributed by atoms with van der Waals surface area (Å²) in [4.78, 5) is 11.3. The number of anilines is 1. The normalized spacial score (nSPS) is 10.7. The molecule has 6 nitrogen and oxygen atoms in total. The number of ether oxygens (including phenoxy) is 1. The number of benzene rings is 2. The summed E-state index contributed by atoms with van der Waals surface area (Å²) in [7, 11) is -2.82. The van der Waals surface area contributed by atoms with Crippen molar-refractivity contribution in [3.63, 3.8) is 0 Å². The van der Waals surface area contributed by atoms with E-state index >= 15 is 0 Å². The van der Waals surface area contributed by atoms with Crippen LogP contribution in [0.15, 0.2) is 47.4 Å². The highest BCUT2D eigenvalue weighted by atomic mass is 35.5. The van der Waals surface area contributed by atoms with Gasteiger partial charge in [0.2, 0.25) is 0 Å². The molecule has 0 aliphatic heterocycles. The fraction of sp³-hybridized carbons (Fsp3) is 0.0667. The Kier molecular flexibility index (Phi) is 4.89. The maximum atomic E-state index is 12.4. The van der Waals surface area contributed by atoms with Gasteiger partial charge in [0.1, 0.15) is 11.0 Å². The van der Waals surface area contributed by atoms with Gasteiger partial charge >= 0.3 is 5.97 Å². The van der Waals surface area contributed by atoms with Crippen LogP contribution in [0.5, 0.6) is 0 Å². The quantitative estimate of drug-likeness (QED) is 0.855. The maximum absolute atomic E-state index is 12.4. The van der Waals surface area contributed by atoms with Gasteiger partial charge in [0.05, 0.1) is 28.9 Å². The van der Waals surface area contributed by atoms with Gasteiger partial charge in [-0.2, -0.15) is 5.26 Å². The molecule has 0 bridgehead atoms. The lowest BCUT2D eigenvalue weighted by atomic mass is 10.2. The van der Waals surface area contributed by atoms with Gasteiger partial charge in [0.15, 0.2) is 0 Å². The Bertz CT molecular complexity index is 904. The topological polar surface area (TPSA) is 96.3 Å². The van der Waals surface area contributed by atoms with Crippen LogP contribution in [-0.4, -0.2) is 21.5 Å². The van der Waals surface area contributed by atoms with Crippen molar-refractivity contribution >= 4 is 33.3 Å². The summed E-state index contributed by atoms with van der Waals surface area (Å²) >= 11 is 5.97. The SMILES string of the molecule is COC(=O)c1ccc(Cl)c(NS(=O)(=O)c2ccccc2C#N)c1. The highest BCUT2D eigenvalue weighted by molar-refractivity contribution is 7.92. The number of rotatable bonds is 4. The summed E-state index contributed by atoms with van der Waals surface area (Å²) in [6.45, 7) is 0. The molecule has 0 heterocycles. The van der Waals surface area contributed by atoms with E-state index in [1.807, 2.05) is 6.07 Å². The molecule has 0 saturated carbocycles. The standard InChI is InChI=1S/C15H11ClN2O4S/c1-22-15(19)10-6-7-12(16)13(8-10)18-23(20,21)14-5-3-2-4-11(14)9-17/h2-8,18H,1H3. The number of hydrogen-bond acceptors (Lipinski definition) is 5. The van der Waals surface area contributed by atoms with Gasteiger partial charge in [0.25, 0.3) is 10.0 Å². The zero-order valence-corrected chi connectivity index (χ0v) is 13.5. The number of sulfonamides is 1. The average molecular weight is 351 g/mol. The molecule has 23 heavy (non-hydrogen) atoms. The third-order valence-electron chi connectivity index (χ3n) is 2.93. The molecular weight excluding hydrogens is 340 g/mol. The Labute approximate surface area is 138 Å². The van der Waals surface area contributed by atoms with E-state index in [1.165, 1.54) is 43.5 Å². The smallest absolute Gasteiger partial charge is 0.337 e. The van der Waals surface area contributed by atoms with Crippen LogP contribution in [0, 0.1) is 11.3 Å². The molecule has 0 unspecified atom stereocenters. The number of nitriles is 1. The summed E-state index contributed by atoms with van der Waals surface area (Å²) in [5.74, 6) is -0.625. The minimum atomic E-state index is -4.04. The Morgan fingerprint density at radius 1 is 1.26 bits per heavy atom. The Morgan fingerprint density at radius 3 is 2.61 bits per heavy atom. The van der Waals surface area contributed by atoms with Crippen LogP contribution < -0.4 is 4.72 Å². The molecule has 2 aromatic carbocycles. The van der Waals surface area contributed by atoms with E-state index in [1.54, 1.807) is 6.07 Å². The molecule has 0 aromatic heterocycles. The number of hydrogen-bond donors (Lipinski definition) is 1. The molecule has 0 spiro atoms.